The third-order valence-corrected chi connectivity index (χ3v) is 2.53. The zero-order valence-electron chi connectivity index (χ0n) is 7.55. The minimum absolute atomic E-state index is 0.343. The Morgan fingerprint density at radius 2 is 1.50 bits per heavy atom. The van der Waals surface area contributed by atoms with Crippen LogP contribution in [0.1, 0.15) is 40.5 Å². The van der Waals surface area contributed by atoms with E-state index in [4.69, 9.17) is 0 Å². The van der Waals surface area contributed by atoms with E-state index in [9.17, 15) is 5.11 Å². The van der Waals surface area contributed by atoms with Gasteiger partial charge >= 0.3 is 0 Å². The summed E-state index contributed by atoms with van der Waals surface area (Å²) in [4.78, 5) is 0. The molecule has 0 fully saturated rings. The third kappa shape index (κ3) is 2.70. The number of hydrogen-bond donors (Lipinski definition) is 0. The Hall–Kier alpha value is -0.0400. The molecule has 0 amide bonds. The van der Waals surface area contributed by atoms with Gasteiger partial charge in [-0.15, -0.1) is 0 Å². The first kappa shape index (κ1) is 9.96. The van der Waals surface area contributed by atoms with Gasteiger partial charge < -0.3 is 0 Å². The van der Waals surface area contributed by atoms with Crippen LogP contribution in [0.15, 0.2) is 0 Å². The maximum atomic E-state index is 11.0. The standard InChI is InChI=1S/C9H19O/c1-5-9(6-2)7(3)8(4)10/h7-9H,5-6H2,1-4H3. The van der Waals surface area contributed by atoms with E-state index in [0.29, 0.717) is 11.8 Å². The molecule has 0 aromatic heterocycles. The summed E-state index contributed by atoms with van der Waals surface area (Å²) in [5, 5.41) is 11.0. The first-order chi connectivity index (χ1) is 4.63. The van der Waals surface area contributed by atoms with Crippen LogP contribution in [0.3, 0.4) is 0 Å². The van der Waals surface area contributed by atoms with Crippen LogP contribution in [0.25, 0.3) is 0 Å². The van der Waals surface area contributed by atoms with Crippen LogP contribution in [0.2, 0.25) is 0 Å². The van der Waals surface area contributed by atoms with Crippen molar-refractivity contribution in [1.82, 2.24) is 0 Å². The Morgan fingerprint density at radius 3 is 1.60 bits per heavy atom. The normalized spacial score (nSPS) is 17.4. The highest BCUT2D eigenvalue weighted by atomic mass is 16.3. The van der Waals surface area contributed by atoms with Crippen molar-refractivity contribution in [3.63, 3.8) is 0 Å². The van der Waals surface area contributed by atoms with Crippen molar-refractivity contribution in [3.05, 3.63) is 0 Å². The van der Waals surface area contributed by atoms with Crippen molar-refractivity contribution in [2.75, 3.05) is 0 Å². The molecule has 61 valence electrons. The summed E-state index contributed by atoms with van der Waals surface area (Å²) in [6.45, 7) is 8.15. The molecule has 0 aliphatic carbocycles. The van der Waals surface area contributed by atoms with Crippen LogP contribution in [-0.2, 0) is 5.11 Å². The van der Waals surface area contributed by atoms with E-state index < -0.39 is 6.10 Å². The Labute approximate surface area is 64.5 Å². The first-order valence-corrected chi connectivity index (χ1v) is 4.29. The van der Waals surface area contributed by atoms with Crippen LogP contribution in [0, 0.1) is 11.8 Å². The summed E-state index contributed by atoms with van der Waals surface area (Å²) < 4.78 is 0. The van der Waals surface area contributed by atoms with E-state index in [1.807, 2.05) is 0 Å². The lowest BCUT2D eigenvalue weighted by atomic mass is 9.86. The predicted molar refractivity (Wildman–Crippen MR) is 43.4 cm³/mol. The zero-order valence-corrected chi connectivity index (χ0v) is 7.55. The Morgan fingerprint density at radius 1 is 1.10 bits per heavy atom. The molecule has 10 heavy (non-hydrogen) atoms. The second kappa shape index (κ2) is 4.73. The van der Waals surface area contributed by atoms with Gasteiger partial charge in [0.25, 0.3) is 0 Å². The first-order valence-electron chi connectivity index (χ1n) is 4.29. The van der Waals surface area contributed by atoms with Crippen LogP contribution in [0.5, 0.6) is 0 Å². The molecule has 1 heteroatoms. The van der Waals surface area contributed by atoms with E-state index in [0.717, 1.165) is 12.8 Å². The lowest BCUT2D eigenvalue weighted by Crippen LogP contribution is -2.20. The molecule has 0 bridgehead atoms. The average molecular weight is 143 g/mol. The van der Waals surface area contributed by atoms with Gasteiger partial charge in [0, 0.05) is 0 Å². The molecular formula is C9H19O. The van der Waals surface area contributed by atoms with Gasteiger partial charge in [0.15, 0.2) is 0 Å². The van der Waals surface area contributed by atoms with E-state index in [1.54, 1.807) is 6.92 Å². The summed E-state index contributed by atoms with van der Waals surface area (Å²) in [6.07, 6.45) is 1.89. The topological polar surface area (TPSA) is 19.9 Å². The molecule has 0 N–H and O–H groups in total. The smallest absolute Gasteiger partial charge is 0.0930 e. The quantitative estimate of drug-likeness (QED) is 0.576. The number of hydrogen-bond acceptors (Lipinski definition) is 0. The minimum atomic E-state index is -0.398. The molecule has 2 atom stereocenters. The van der Waals surface area contributed by atoms with E-state index >= 15 is 0 Å². The van der Waals surface area contributed by atoms with Crippen molar-refractivity contribution in [2.45, 2.75) is 46.6 Å². The largest absolute Gasteiger partial charge is 0.233 e. The van der Waals surface area contributed by atoms with Gasteiger partial charge in [0.05, 0.1) is 6.10 Å². The van der Waals surface area contributed by atoms with Gasteiger partial charge in [-0.25, -0.2) is 5.11 Å². The fourth-order valence-electron chi connectivity index (χ4n) is 1.42. The maximum absolute atomic E-state index is 11.0. The van der Waals surface area contributed by atoms with Gasteiger partial charge in [-0.2, -0.15) is 0 Å². The van der Waals surface area contributed by atoms with E-state index in [-0.39, 0.29) is 0 Å². The van der Waals surface area contributed by atoms with Crippen molar-refractivity contribution in [3.8, 4) is 0 Å². The van der Waals surface area contributed by atoms with Crippen LogP contribution in [-0.4, -0.2) is 6.10 Å². The summed E-state index contributed by atoms with van der Waals surface area (Å²) in [7, 11) is 0. The molecule has 0 saturated carbocycles. The second-order valence-corrected chi connectivity index (χ2v) is 3.14. The lowest BCUT2D eigenvalue weighted by molar-refractivity contribution is 0.0321. The van der Waals surface area contributed by atoms with Gasteiger partial charge in [-0.1, -0.05) is 33.6 Å². The molecule has 0 aliphatic heterocycles. The van der Waals surface area contributed by atoms with Gasteiger partial charge in [0.2, 0.25) is 0 Å². The average Bonchev–Trinajstić information content (AvgIpc) is 1.90. The number of rotatable bonds is 4. The highest BCUT2D eigenvalue weighted by Crippen LogP contribution is 2.21. The summed E-state index contributed by atoms with van der Waals surface area (Å²) >= 11 is 0. The Bertz CT molecular complexity index is 74.8. The Balaban J connectivity index is 3.76. The highest BCUT2D eigenvalue weighted by molar-refractivity contribution is 4.67. The third-order valence-electron chi connectivity index (χ3n) is 2.53. The van der Waals surface area contributed by atoms with Crippen LogP contribution in [0.4, 0.5) is 0 Å². The van der Waals surface area contributed by atoms with Crippen molar-refractivity contribution >= 4 is 0 Å². The molecule has 0 aromatic rings. The highest BCUT2D eigenvalue weighted by Gasteiger charge is 2.18. The van der Waals surface area contributed by atoms with E-state index in [1.165, 1.54) is 0 Å². The molecule has 0 aromatic carbocycles. The van der Waals surface area contributed by atoms with Gasteiger partial charge in [-0.05, 0) is 18.8 Å². The molecule has 1 radical (unpaired) electrons. The zero-order chi connectivity index (χ0) is 8.15. The molecule has 2 unspecified atom stereocenters. The predicted octanol–water partition coefficient (Wildman–Crippen LogP) is 2.88. The summed E-state index contributed by atoms with van der Waals surface area (Å²) in [5.74, 6) is 0.975. The fourth-order valence-corrected chi connectivity index (χ4v) is 1.42. The van der Waals surface area contributed by atoms with E-state index in [2.05, 4.69) is 20.8 Å². The summed E-state index contributed by atoms with van der Waals surface area (Å²) in [6, 6.07) is 0. The second-order valence-electron chi connectivity index (χ2n) is 3.14. The monoisotopic (exact) mass is 143 g/mol. The molecule has 1 nitrogen and oxygen atoms in total. The maximum Gasteiger partial charge on any atom is 0.0930 e. The van der Waals surface area contributed by atoms with Crippen LogP contribution >= 0.6 is 0 Å². The summed E-state index contributed by atoms with van der Waals surface area (Å²) in [5.41, 5.74) is 0. The molecule has 0 saturated heterocycles. The fraction of sp³-hybridized carbons (Fsp3) is 1.00. The Kier molecular flexibility index (Phi) is 4.71. The molecule has 0 spiro atoms. The van der Waals surface area contributed by atoms with Crippen molar-refractivity contribution < 1.29 is 5.11 Å². The lowest BCUT2D eigenvalue weighted by Gasteiger charge is -2.22. The molecular weight excluding hydrogens is 124 g/mol. The molecule has 0 rings (SSSR count). The molecule has 0 heterocycles. The van der Waals surface area contributed by atoms with Gasteiger partial charge in [0.1, 0.15) is 0 Å². The SMILES string of the molecule is CCC(CC)C(C)C(C)[O]. The minimum Gasteiger partial charge on any atom is -0.233 e. The van der Waals surface area contributed by atoms with Gasteiger partial charge in [-0.3, -0.25) is 0 Å². The van der Waals surface area contributed by atoms with Crippen LogP contribution < -0.4 is 0 Å². The molecule has 0 aliphatic rings. The van der Waals surface area contributed by atoms with Crippen molar-refractivity contribution in [1.29, 1.82) is 0 Å². The van der Waals surface area contributed by atoms with Crippen molar-refractivity contribution in [2.24, 2.45) is 11.8 Å².